The van der Waals surface area contributed by atoms with Crippen LogP contribution < -0.4 is 4.74 Å². The molecular formula is C20H25N3O9. The van der Waals surface area contributed by atoms with E-state index in [1.165, 1.54) is 29.2 Å². The monoisotopic (exact) mass is 451 g/mol. The Morgan fingerprint density at radius 3 is 2.75 bits per heavy atom. The fraction of sp³-hybridized carbons (Fsp3) is 0.550. The van der Waals surface area contributed by atoms with Gasteiger partial charge in [-0.3, -0.25) is 4.79 Å². The summed E-state index contributed by atoms with van der Waals surface area (Å²) in [6, 6.07) is 5.86. The van der Waals surface area contributed by atoms with Gasteiger partial charge in [-0.2, -0.15) is 4.99 Å². The molecule has 0 bridgehead atoms. The van der Waals surface area contributed by atoms with Crippen LogP contribution in [0.3, 0.4) is 0 Å². The number of hydrogen-bond acceptors (Lipinski definition) is 10. The van der Waals surface area contributed by atoms with Crippen LogP contribution in [-0.4, -0.2) is 59.2 Å². The van der Waals surface area contributed by atoms with E-state index in [0.29, 0.717) is 18.4 Å². The van der Waals surface area contributed by atoms with Crippen LogP contribution in [-0.2, 0) is 30.5 Å². The number of isocyanates is 1. The molecule has 32 heavy (non-hydrogen) atoms. The molecule has 0 spiro atoms. The van der Waals surface area contributed by atoms with Gasteiger partial charge in [0, 0.05) is 13.0 Å². The number of likely N-dealkylation sites (tertiary alicyclic amines) is 1. The van der Waals surface area contributed by atoms with Crippen molar-refractivity contribution in [2.45, 2.75) is 58.1 Å². The average molecular weight is 451 g/mol. The largest absolute Gasteiger partial charge is 0.514 e. The van der Waals surface area contributed by atoms with Crippen molar-refractivity contribution in [1.29, 1.82) is 0 Å². The lowest BCUT2D eigenvalue weighted by molar-refractivity contribution is -0.763. The quantitative estimate of drug-likeness (QED) is 0.145. The van der Waals surface area contributed by atoms with Gasteiger partial charge >= 0.3 is 6.16 Å². The maximum atomic E-state index is 12.5. The maximum absolute atomic E-state index is 12.5. The number of nitrogens with zero attached hydrogens (tertiary/aromatic N) is 3. The number of aliphatic imine (C=N–C) groups is 1. The highest BCUT2D eigenvalue weighted by Crippen LogP contribution is 2.25. The van der Waals surface area contributed by atoms with Gasteiger partial charge in [0.05, 0.1) is 11.7 Å². The number of carbonyl (C=O) groups excluding carboxylic acids is 3. The molecule has 174 valence electrons. The summed E-state index contributed by atoms with van der Waals surface area (Å²) in [4.78, 5) is 54.8. The predicted octanol–water partition coefficient (Wildman–Crippen LogP) is 2.38. The average Bonchev–Trinajstić information content (AvgIpc) is 2.70. The molecule has 0 saturated carbocycles. The Morgan fingerprint density at radius 2 is 2.09 bits per heavy atom. The maximum Gasteiger partial charge on any atom is 0.514 e. The lowest BCUT2D eigenvalue weighted by atomic mass is 10.0. The molecule has 2 unspecified atom stereocenters. The normalized spacial score (nSPS) is 18.3. The molecule has 2 atom stereocenters. The minimum absolute atomic E-state index is 0.0653. The molecule has 1 aliphatic heterocycles. The third-order valence-electron chi connectivity index (χ3n) is 4.32. The summed E-state index contributed by atoms with van der Waals surface area (Å²) in [5.74, 6) is -0.483. The van der Waals surface area contributed by atoms with Gasteiger partial charge < -0.3 is 23.9 Å². The van der Waals surface area contributed by atoms with Crippen LogP contribution in [0.1, 0.15) is 39.2 Å². The smallest absolute Gasteiger partial charge is 0.424 e. The van der Waals surface area contributed by atoms with Gasteiger partial charge in [-0.15, -0.1) is 10.1 Å². The lowest BCUT2D eigenvalue weighted by Gasteiger charge is -2.38. The zero-order valence-electron chi connectivity index (χ0n) is 18.0. The molecule has 1 amide bonds. The van der Waals surface area contributed by atoms with Gasteiger partial charge in [-0.05, 0) is 44.9 Å². The second-order valence-electron chi connectivity index (χ2n) is 7.95. The fourth-order valence-corrected chi connectivity index (χ4v) is 3.15. The number of benzene rings is 1. The Bertz CT molecular complexity index is 877. The van der Waals surface area contributed by atoms with Crippen molar-refractivity contribution in [3.63, 3.8) is 0 Å². The minimum Gasteiger partial charge on any atom is -0.424 e. The van der Waals surface area contributed by atoms with E-state index in [9.17, 15) is 24.5 Å². The highest BCUT2D eigenvalue weighted by Gasteiger charge is 2.34. The van der Waals surface area contributed by atoms with Crippen molar-refractivity contribution in [3.8, 4) is 5.75 Å². The molecule has 2 rings (SSSR count). The first-order valence-electron chi connectivity index (χ1n) is 9.82. The van der Waals surface area contributed by atoms with Crippen molar-refractivity contribution in [1.82, 2.24) is 4.90 Å². The third kappa shape index (κ3) is 8.32. The van der Waals surface area contributed by atoms with Crippen LogP contribution in [0.15, 0.2) is 29.3 Å². The van der Waals surface area contributed by atoms with E-state index < -0.39 is 29.9 Å². The standard InChI is InChI=1S/C20H25N3O9/c1-20(2,3)32-16-7-8-22(17(10-16)21-13-24)18(25)12-29-19(26)31-15-6-4-5-14(9-15)11-30-23(27)28/h4-6,9,16-17H,7-8,10-12H2,1-3H3. The van der Waals surface area contributed by atoms with Gasteiger partial charge in [0.1, 0.15) is 18.5 Å². The zero-order chi connectivity index (χ0) is 23.7. The molecule has 0 radical (unpaired) electrons. The highest BCUT2D eigenvalue weighted by molar-refractivity contribution is 5.80. The zero-order valence-corrected chi connectivity index (χ0v) is 18.0. The number of hydrogen-bond donors (Lipinski definition) is 0. The summed E-state index contributed by atoms with van der Waals surface area (Å²) < 4.78 is 15.8. The Hall–Kier alpha value is -3.50. The van der Waals surface area contributed by atoms with Crippen LogP contribution >= 0.6 is 0 Å². The Labute approximate surface area is 184 Å². The Balaban J connectivity index is 1.88. The summed E-state index contributed by atoms with van der Waals surface area (Å²) in [5.41, 5.74) is 0.0179. The third-order valence-corrected chi connectivity index (χ3v) is 4.32. The molecule has 0 aromatic heterocycles. The van der Waals surface area contributed by atoms with Gasteiger partial charge in [-0.25, -0.2) is 9.59 Å². The number of amides is 1. The summed E-state index contributed by atoms with van der Waals surface area (Å²) in [7, 11) is 0. The number of carbonyl (C=O) groups is 2. The van der Waals surface area contributed by atoms with Gasteiger partial charge in [0.15, 0.2) is 6.61 Å². The lowest BCUT2D eigenvalue weighted by Crippen LogP contribution is -2.49. The molecule has 1 fully saturated rings. The van der Waals surface area contributed by atoms with E-state index in [2.05, 4.69) is 9.83 Å². The molecule has 1 heterocycles. The molecule has 1 aromatic carbocycles. The second kappa shape index (κ2) is 11.2. The topological polar surface area (TPSA) is 147 Å². The molecular weight excluding hydrogens is 426 g/mol. The summed E-state index contributed by atoms with van der Waals surface area (Å²) in [6.45, 7) is 5.07. The first-order chi connectivity index (χ1) is 15.1. The van der Waals surface area contributed by atoms with E-state index >= 15 is 0 Å². The summed E-state index contributed by atoms with van der Waals surface area (Å²) >= 11 is 0. The minimum atomic E-state index is -1.13. The SMILES string of the molecule is CC(C)(C)OC1CCN(C(=O)COC(=O)Oc2cccc(CO[N+](=O)[O-])c2)C(N=C=O)C1. The Morgan fingerprint density at radius 1 is 1.34 bits per heavy atom. The summed E-state index contributed by atoms with van der Waals surface area (Å²) in [6.07, 6.45) is 0.248. The van der Waals surface area contributed by atoms with Crippen molar-refractivity contribution >= 4 is 18.1 Å². The van der Waals surface area contributed by atoms with Gasteiger partial charge in [0.25, 0.3) is 11.0 Å². The molecule has 12 nitrogen and oxygen atoms in total. The van der Waals surface area contributed by atoms with E-state index in [0.717, 1.165) is 0 Å². The fourth-order valence-electron chi connectivity index (χ4n) is 3.15. The van der Waals surface area contributed by atoms with Gasteiger partial charge in [-0.1, -0.05) is 12.1 Å². The first kappa shape index (κ1) is 24.8. The number of rotatable bonds is 8. The van der Waals surface area contributed by atoms with Crippen molar-refractivity contribution in [2.75, 3.05) is 13.2 Å². The van der Waals surface area contributed by atoms with Crippen molar-refractivity contribution in [3.05, 3.63) is 39.9 Å². The molecule has 1 saturated heterocycles. The molecule has 0 N–H and O–H groups in total. The number of ether oxygens (including phenoxy) is 3. The van der Waals surface area contributed by atoms with Gasteiger partial charge in [0.2, 0.25) is 6.08 Å². The van der Waals surface area contributed by atoms with Crippen LogP contribution in [0.5, 0.6) is 5.75 Å². The van der Waals surface area contributed by atoms with Crippen LogP contribution in [0.4, 0.5) is 4.79 Å². The van der Waals surface area contributed by atoms with E-state index in [-0.39, 0.29) is 30.6 Å². The number of piperidine rings is 1. The van der Waals surface area contributed by atoms with E-state index in [1.807, 2.05) is 20.8 Å². The Kier molecular flexibility index (Phi) is 8.68. The first-order valence-corrected chi connectivity index (χ1v) is 9.82. The highest BCUT2D eigenvalue weighted by atomic mass is 16.9. The predicted molar refractivity (Wildman–Crippen MR) is 108 cm³/mol. The molecule has 1 aromatic rings. The van der Waals surface area contributed by atoms with Crippen LogP contribution in [0.2, 0.25) is 0 Å². The van der Waals surface area contributed by atoms with Crippen LogP contribution in [0, 0.1) is 10.1 Å². The van der Waals surface area contributed by atoms with E-state index in [1.54, 1.807) is 6.07 Å². The second-order valence-corrected chi connectivity index (χ2v) is 7.95. The van der Waals surface area contributed by atoms with Crippen molar-refractivity contribution < 1.29 is 38.5 Å². The van der Waals surface area contributed by atoms with Crippen molar-refractivity contribution in [2.24, 2.45) is 4.99 Å². The van der Waals surface area contributed by atoms with Crippen LogP contribution in [0.25, 0.3) is 0 Å². The van der Waals surface area contributed by atoms with E-state index in [4.69, 9.17) is 14.2 Å². The summed E-state index contributed by atoms with van der Waals surface area (Å²) in [5, 5.41) is 9.33. The molecule has 1 aliphatic rings. The molecule has 12 heteroatoms. The molecule has 0 aliphatic carbocycles.